The molecule has 1 aliphatic carbocycles. The van der Waals surface area contributed by atoms with Crippen LogP contribution in [0.4, 0.5) is 4.39 Å². The maximum Gasteiger partial charge on any atom is 0.304 e. The van der Waals surface area contributed by atoms with E-state index in [4.69, 9.17) is 0 Å². The molecular weight excluding hydrogens is 532 g/mol. The van der Waals surface area contributed by atoms with Crippen molar-refractivity contribution in [1.82, 2.24) is 4.57 Å². The van der Waals surface area contributed by atoms with Gasteiger partial charge < -0.3 is 9.67 Å². The monoisotopic (exact) mass is 555 g/mol. The van der Waals surface area contributed by atoms with Crippen molar-refractivity contribution >= 4 is 49.3 Å². The Balaban J connectivity index is 2.01. The number of alkyl halides is 1. The zero-order valence-corrected chi connectivity index (χ0v) is 20.0. The highest BCUT2D eigenvalue weighted by molar-refractivity contribution is 14.1. The first-order chi connectivity index (χ1) is 14.7. The summed E-state index contributed by atoms with van der Waals surface area (Å²) in [6.07, 6.45) is 3.23. The molecular formula is C23H23FINO4S. The number of aryl methyl sites for hydroxylation is 1. The van der Waals surface area contributed by atoms with E-state index < -0.39 is 21.6 Å². The van der Waals surface area contributed by atoms with Crippen molar-refractivity contribution < 1.29 is 22.7 Å². The highest BCUT2D eigenvalue weighted by Crippen LogP contribution is 2.42. The lowest BCUT2D eigenvalue weighted by molar-refractivity contribution is -0.137. The summed E-state index contributed by atoms with van der Waals surface area (Å²) in [5, 5.41) is 10.0. The molecule has 1 heterocycles. The van der Waals surface area contributed by atoms with Crippen LogP contribution in [-0.2, 0) is 32.0 Å². The van der Waals surface area contributed by atoms with Crippen molar-refractivity contribution in [3.05, 3.63) is 64.6 Å². The molecule has 0 fully saturated rings. The number of nitrogens with zero attached hydrogens (tertiary/aromatic N) is 1. The lowest BCUT2D eigenvalue weighted by atomic mass is 9.84. The fourth-order valence-electron chi connectivity index (χ4n) is 4.67. The van der Waals surface area contributed by atoms with E-state index in [0.717, 1.165) is 40.0 Å². The van der Waals surface area contributed by atoms with Gasteiger partial charge >= 0.3 is 5.97 Å². The molecule has 1 N–H and O–H groups in total. The number of carboxylic acid groups (broad SMARTS) is 1. The van der Waals surface area contributed by atoms with Crippen LogP contribution < -0.4 is 0 Å². The van der Waals surface area contributed by atoms with Crippen molar-refractivity contribution in [2.45, 2.75) is 47.5 Å². The molecule has 0 aliphatic heterocycles. The quantitative estimate of drug-likeness (QED) is 0.341. The second-order valence-electron chi connectivity index (χ2n) is 8.16. The lowest BCUT2D eigenvalue weighted by Gasteiger charge is -2.25. The van der Waals surface area contributed by atoms with Crippen LogP contribution in [-0.4, -0.2) is 30.3 Å². The molecule has 1 aromatic heterocycles. The summed E-state index contributed by atoms with van der Waals surface area (Å²) >= 11 is 2.29. The zero-order valence-electron chi connectivity index (χ0n) is 17.1. The van der Waals surface area contributed by atoms with E-state index in [1.165, 1.54) is 11.6 Å². The summed E-state index contributed by atoms with van der Waals surface area (Å²) in [4.78, 5) is 11.5. The van der Waals surface area contributed by atoms with Gasteiger partial charge in [0.2, 0.25) is 0 Å². The molecule has 0 bridgehead atoms. The third-order valence-electron chi connectivity index (χ3n) is 5.94. The number of rotatable bonds is 6. The zero-order chi connectivity index (χ0) is 22.3. The van der Waals surface area contributed by atoms with Crippen LogP contribution >= 0.6 is 22.6 Å². The smallest absolute Gasteiger partial charge is 0.304 e. The normalized spacial score (nSPS) is 16.4. The minimum atomic E-state index is -3.70. The van der Waals surface area contributed by atoms with Crippen LogP contribution in [0.2, 0.25) is 0 Å². The summed E-state index contributed by atoms with van der Waals surface area (Å²) in [6, 6.07) is 10.5. The van der Waals surface area contributed by atoms with Gasteiger partial charge in [-0.15, -0.1) is 0 Å². The predicted octanol–water partition coefficient (Wildman–Crippen LogP) is 5.06. The third kappa shape index (κ3) is 4.37. The van der Waals surface area contributed by atoms with Gasteiger partial charge in [0.25, 0.3) is 0 Å². The number of aromatic nitrogens is 1. The molecule has 0 amide bonds. The number of sulfone groups is 1. The Labute approximate surface area is 194 Å². The van der Waals surface area contributed by atoms with Crippen molar-refractivity contribution in [2.24, 2.45) is 0 Å². The van der Waals surface area contributed by atoms with Crippen molar-refractivity contribution in [3.63, 3.8) is 0 Å². The Morgan fingerprint density at radius 3 is 2.52 bits per heavy atom. The van der Waals surface area contributed by atoms with E-state index in [2.05, 4.69) is 22.6 Å². The van der Waals surface area contributed by atoms with Gasteiger partial charge in [0, 0.05) is 34.2 Å². The molecule has 3 aromatic rings. The van der Waals surface area contributed by atoms with Crippen LogP contribution in [0.3, 0.4) is 0 Å². The molecule has 0 radical (unpaired) electrons. The first-order valence-electron chi connectivity index (χ1n) is 10.1. The summed E-state index contributed by atoms with van der Waals surface area (Å²) in [5.41, 5.74) is 4.35. The van der Waals surface area contributed by atoms with Crippen LogP contribution in [0.15, 0.2) is 41.3 Å². The average Bonchev–Trinajstić information content (AvgIpc) is 3.01. The Kier molecular flexibility index (Phi) is 6.13. The molecule has 5 nitrogen and oxygen atoms in total. The molecule has 31 heavy (non-hydrogen) atoms. The van der Waals surface area contributed by atoms with Crippen LogP contribution in [0.1, 0.15) is 47.6 Å². The van der Waals surface area contributed by atoms with Crippen LogP contribution in [0.25, 0.3) is 10.9 Å². The minimum Gasteiger partial charge on any atom is -0.481 e. The molecule has 1 atom stereocenters. The van der Waals surface area contributed by atoms with Crippen molar-refractivity contribution in [3.8, 4) is 0 Å². The molecule has 4 rings (SSSR count). The number of halogens is 2. The Hall–Kier alpha value is -1.94. The van der Waals surface area contributed by atoms with E-state index in [1.54, 1.807) is 0 Å². The largest absolute Gasteiger partial charge is 0.481 e. The molecule has 0 spiro atoms. The first kappa shape index (κ1) is 22.3. The minimum absolute atomic E-state index is 0.0339. The molecule has 0 saturated carbocycles. The van der Waals surface area contributed by atoms with Gasteiger partial charge in [0.15, 0.2) is 9.84 Å². The predicted molar refractivity (Wildman–Crippen MR) is 126 cm³/mol. The number of carboxylic acids is 1. The van der Waals surface area contributed by atoms with Gasteiger partial charge in [-0.05, 0) is 48.1 Å². The average molecular weight is 555 g/mol. The second kappa shape index (κ2) is 8.54. The Morgan fingerprint density at radius 2 is 1.90 bits per heavy atom. The van der Waals surface area contributed by atoms with Crippen LogP contribution in [0.5, 0.6) is 0 Å². The van der Waals surface area contributed by atoms with Crippen molar-refractivity contribution in [1.29, 1.82) is 0 Å². The summed E-state index contributed by atoms with van der Waals surface area (Å²) in [7, 11) is -3.70. The fraction of sp³-hybridized carbons (Fsp3) is 0.348. The first-order valence-corrected chi connectivity index (χ1v) is 13.5. The van der Waals surface area contributed by atoms with Crippen LogP contribution in [0, 0.1) is 5.82 Å². The molecule has 2 aromatic carbocycles. The van der Waals surface area contributed by atoms with Gasteiger partial charge in [0.05, 0.1) is 16.8 Å². The molecule has 1 unspecified atom stereocenters. The molecule has 1 aliphatic rings. The Bertz CT molecular complexity index is 1270. The van der Waals surface area contributed by atoms with Gasteiger partial charge in [-0.2, -0.15) is 0 Å². The molecule has 164 valence electrons. The van der Waals surface area contributed by atoms with E-state index in [1.807, 2.05) is 28.8 Å². The number of hydrogen-bond acceptors (Lipinski definition) is 3. The third-order valence-corrected chi connectivity index (χ3v) is 7.93. The standard InChI is InChI=1S/C23H23FINO4S/c1-31(29,30)20-11-17(24)10-19-18-4-2-3-16(9-21(27)28)22(18)26(23(19)20)13-15-7-5-14(12-25)6-8-15/h5-8,10-11,16H,2-4,9,12-13H2,1H3,(H,27,28). The van der Waals surface area contributed by atoms with E-state index in [9.17, 15) is 22.7 Å². The SMILES string of the molecule is CS(=O)(=O)c1cc(F)cc2c3c(n(Cc4ccc(CI)cc4)c12)C(CC(=O)O)CCC3. The van der Waals surface area contributed by atoms with Gasteiger partial charge in [0.1, 0.15) is 5.82 Å². The lowest BCUT2D eigenvalue weighted by Crippen LogP contribution is -2.18. The number of benzene rings is 2. The maximum absolute atomic E-state index is 14.5. The summed E-state index contributed by atoms with van der Waals surface area (Å²) in [6.45, 7) is 0.400. The summed E-state index contributed by atoms with van der Waals surface area (Å²) in [5.74, 6) is -1.73. The highest BCUT2D eigenvalue weighted by atomic mass is 127. The fourth-order valence-corrected chi connectivity index (χ4v) is 6.07. The van der Waals surface area contributed by atoms with Crippen molar-refractivity contribution in [2.75, 3.05) is 6.26 Å². The van der Waals surface area contributed by atoms with Gasteiger partial charge in [-0.25, -0.2) is 12.8 Å². The number of aliphatic carboxylic acids is 1. The molecule has 0 saturated heterocycles. The summed E-state index contributed by atoms with van der Waals surface area (Å²) < 4.78 is 42.4. The van der Waals surface area contributed by atoms with E-state index in [-0.39, 0.29) is 17.2 Å². The van der Waals surface area contributed by atoms with E-state index in [0.29, 0.717) is 30.3 Å². The van der Waals surface area contributed by atoms with E-state index >= 15 is 0 Å². The maximum atomic E-state index is 14.5. The highest BCUT2D eigenvalue weighted by Gasteiger charge is 2.32. The van der Waals surface area contributed by atoms with Gasteiger partial charge in [-0.3, -0.25) is 4.79 Å². The second-order valence-corrected chi connectivity index (χ2v) is 10.9. The number of carbonyl (C=O) groups is 1. The molecule has 8 heteroatoms. The topological polar surface area (TPSA) is 76.4 Å². The van der Waals surface area contributed by atoms with Gasteiger partial charge in [-0.1, -0.05) is 46.9 Å². The number of hydrogen-bond donors (Lipinski definition) is 1. The number of fused-ring (bicyclic) bond motifs is 3. The Morgan fingerprint density at radius 1 is 1.23 bits per heavy atom.